The average Bonchev–Trinajstić information content (AvgIpc) is 2.81. The minimum absolute atomic E-state index is 0.789. The van der Waals surface area contributed by atoms with Crippen LogP contribution >= 0.6 is 0 Å². The van der Waals surface area contributed by atoms with Crippen LogP contribution in [0.4, 0.5) is 0 Å². The number of hydrogen-bond acceptors (Lipinski definition) is 4. The van der Waals surface area contributed by atoms with E-state index in [1.165, 1.54) is 0 Å². The molecule has 2 aromatic heterocycles. The van der Waals surface area contributed by atoms with Gasteiger partial charge in [0.2, 0.25) is 0 Å². The van der Waals surface area contributed by atoms with Gasteiger partial charge in [-0.2, -0.15) is 0 Å². The monoisotopic (exact) mass is 426 g/mol. The van der Waals surface area contributed by atoms with Crippen LogP contribution in [0.3, 0.4) is 0 Å². The van der Waals surface area contributed by atoms with Crippen molar-refractivity contribution in [1.82, 2.24) is 19.9 Å². The van der Waals surface area contributed by atoms with E-state index in [0.717, 1.165) is 56.7 Å². The first kappa shape index (κ1) is 24.9. The van der Waals surface area contributed by atoms with E-state index in [-0.39, 0.29) is 0 Å². The second kappa shape index (κ2) is 11.8. The van der Waals surface area contributed by atoms with E-state index in [1.807, 2.05) is 67.5 Å². The van der Waals surface area contributed by atoms with Crippen molar-refractivity contribution in [3.63, 3.8) is 0 Å². The molecule has 0 aliphatic carbocycles. The van der Waals surface area contributed by atoms with Crippen LogP contribution in [0.5, 0.6) is 0 Å². The zero-order chi connectivity index (χ0) is 23.7. The van der Waals surface area contributed by atoms with Gasteiger partial charge in [0.25, 0.3) is 0 Å². The van der Waals surface area contributed by atoms with Crippen LogP contribution in [0.15, 0.2) is 60.7 Å². The Morgan fingerprint density at radius 3 is 1.12 bits per heavy atom. The zero-order valence-electron chi connectivity index (χ0n) is 20.6. The van der Waals surface area contributed by atoms with Crippen LogP contribution in [-0.2, 0) is 0 Å². The lowest BCUT2D eigenvalue weighted by molar-refractivity contribution is 1.02. The Hall–Kier alpha value is -3.40. The van der Waals surface area contributed by atoms with Gasteiger partial charge in [-0.15, -0.1) is 0 Å². The van der Waals surface area contributed by atoms with Crippen molar-refractivity contribution in [2.45, 2.75) is 55.4 Å². The minimum atomic E-state index is 0.789. The van der Waals surface area contributed by atoms with Gasteiger partial charge in [-0.3, -0.25) is 0 Å². The van der Waals surface area contributed by atoms with Crippen LogP contribution < -0.4 is 0 Å². The van der Waals surface area contributed by atoms with Crippen LogP contribution in [0.1, 0.15) is 50.7 Å². The standard InChI is InChI=1S/C24H22N4.2C2H6/c1-15-11-23(27-17(3)25-15)21-9-5-7-19(13-21)20-8-6-10-22(14-20)24-12-16(2)26-18(4)28-24;2*1-2/h5-14H,1-4H3;2*1-2H3. The Morgan fingerprint density at radius 2 is 0.781 bits per heavy atom. The summed E-state index contributed by atoms with van der Waals surface area (Å²) >= 11 is 0. The normalized spacial score (nSPS) is 9.88. The summed E-state index contributed by atoms with van der Waals surface area (Å²) in [5.74, 6) is 1.58. The number of rotatable bonds is 3. The molecule has 4 heteroatoms. The molecule has 0 N–H and O–H groups in total. The lowest BCUT2D eigenvalue weighted by atomic mass is 9.98. The highest BCUT2D eigenvalue weighted by atomic mass is 14.9. The molecule has 0 spiro atoms. The molecule has 0 aliphatic rings. The first-order valence-electron chi connectivity index (χ1n) is 11.3. The topological polar surface area (TPSA) is 51.6 Å². The number of nitrogens with zero attached hydrogens (tertiary/aromatic N) is 4. The molecule has 0 fully saturated rings. The lowest BCUT2D eigenvalue weighted by Crippen LogP contribution is -1.94. The van der Waals surface area contributed by atoms with Gasteiger partial charge in [0.05, 0.1) is 11.4 Å². The number of benzene rings is 2. The number of aryl methyl sites for hydroxylation is 4. The largest absolute Gasteiger partial charge is 0.239 e. The molecule has 0 atom stereocenters. The molecule has 32 heavy (non-hydrogen) atoms. The summed E-state index contributed by atoms with van der Waals surface area (Å²) in [6, 6.07) is 21.0. The molecule has 4 rings (SSSR count). The summed E-state index contributed by atoms with van der Waals surface area (Å²) in [6.45, 7) is 15.8. The summed E-state index contributed by atoms with van der Waals surface area (Å²) in [7, 11) is 0. The maximum atomic E-state index is 4.60. The van der Waals surface area contributed by atoms with Crippen molar-refractivity contribution in [3.05, 3.63) is 83.7 Å². The summed E-state index contributed by atoms with van der Waals surface area (Å²) in [5.41, 5.74) is 8.32. The van der Waals surface area contributed by atoms with Gasteiger partial charge in [-0.1, -0.05) is 64.1 Å². The predicted octanol–water partition coefficient (Wildman–Crippen LogP) is 7.55. The summed E-state index contributed by atoms with van der Waals surface area (Å²) in [4.78, 5) is 17.9. The molecule has 0 unspecified atom stereocenters. The van der Waals surface area contributed by atoms with Crippen LogP contribution in [0, 0.1) is 27.7 Å². The van der Waals surface area contributed by atoms with Gasteiger partial charge >= 0.3 is 0 Å². The van der Waals surface area contributed by atoms with Gasteiger partial charge in [0, 0.05) is 22.5 Å². The zero-order valence-corrected chi connectivity index (χ0v) is 20.6. The van der Waals surface area contributed by atoms with Gasteiger partial charge < -0.3 is 0 Å². The second-order valence-electron chi connectivity index (χ2n) is 7.05. The first-order chi connectivity index (χ1) is 15.5. The van der Waals surface area contributed by atoms with E-state index in [1.54, 1.807) is 0 Å². The van der Waals surface area contributed by atoms with E-state index in [4.69, 9.17) is 0 Å². The number of aromatic nitrogens is 4. The fraction of sp³-hybridized carbons (Fsp3) is 0.286. The molecule has 0 saturated carbocycles. The lowest BCUT2D eigenvalue weighted by Gasteiger charge is -2.09. The first-order valence-corrected chi connectivity index (χ1v) is 11.3. The van der Waals surface area contributed by atoms with Gasteiger partial charge in [-0.05, 0) is 63.1 Å². The Labute approximate surface area is 192 Å². The number of hydrogen-bond donors (Lipinski definition) is 0. The van der Waals surface area contributed by atoms with Crippen molar-refractivity contribution in [1.29, 1.82) is 0 Å². The fourth-order valence-corrected chi connectivity index (χ4v) is 3.45. The molecule has 4 aromatic rings. The van der Waals surface area contributed by atoms with E-state index >= 15 is 0 Å². The van der Waals surface area contributed by atoms with Crippen molar-refractivity contribution in [2.75, 3.05) is 0 Å². The van der Waals surface area contributed by atoms with Gasteiger partial charge in [0.1, 0.15) is 11.6 Å². The molecular weight excluding hydrogens is 392 g/mol. The molecule has 2 heterocycles. The molecule has 166 valence electrons. The molecule has 0 aliphatic heterocycles. The third kappa shape index (κ3) is 6.30. The highest BCUT2D eigenvalue weighted by Gasteiger charge is 2.07. The van der Waals surface area contributed by atoms with Crippen molar-refractivity contribution >= 4 is 0 Å². The smallest absolute Gasteiger partial charge is 0.126 e. The predicted molar refractivity (Wildman–Crippen MR) is 136 cm³/mol. The third-order valence-corrected chi connectivity index (χ3v) is 4.58. The molecule has 0 radical (unpaired) electrons. The SMILES string of the molecule is CC.CC.Cc1cc(-c2cccc(-c3cccc(-c4cc(C)nc(C)n4)c3)c2)nc(C)n1. The quantitative estimate of drug-likeness (QED) is 0.339. The van der Waals surface area contributed by atoms with Crippen LogP contribution in [0.25, 0.3) is 33.6 Å². The Kier molecular flexibility index (Phi) is 9.21. The Morgan fingerprint density at radius 1 is 0.438 bits per heavy atom. The van der Waals surface area contributed by atoms with Crippen LogP contribution in [-0.4, -0.2) is 19.9 Å². The molecular formula is C28H34N4. The van der Waals surface area contributed by atoms with Crippen molar-refractivity contribution in [2.24, 2.45) is 0 Å². The summed E-state index contributed by atoms with van der Waals surface area (Å²) in [6.07, 6.45) is 0. The molecule has 0 bridgehead atoms. The van der Waals surface area contributed by atoms with Gasteiger partial charge in [-0.25, -0.2) is 19.9 Å². The highest BCUT2D eigenvalue weighted by molar-refractivity contribution is 5.75. The van der Waals surface area contributed by atoms with Crippen molar-refractivity contribution < 1.29 is 0 Å². The maximum absolute atomic E-state index is 4.60. The Bertz CT molecular complexity index is 1030. The average molecular weight is 427 g/mol. The molecule has 4 nitrogen and oxygen atoms in total. The van der Waals surface area contributed by atoms with E-state index in [2.05, 4.69) is 68.5 Å². The second-order valence-corrected chi connectivity index (χ2v) is 7.05. The van der Waals surface area contributed by atoms with E-state index in [0.29, 0.717) is 0 Å². The Balaban J connectivity index is 0.000000860. The molecule has 0 saturated heterocycles. The van der Waals surface area contributed by atoms with E-state index < -0.39 is 0 Å². The third-order valence-electron chi connectivity index (χ3n) is 4.58. The van der Waals surface area contributed by atoms with Crippen LogP contribution in [0.2, 0.25) is 0 Å². The highest BCUT2D eigenvalue weighted by Crippen LogP contribution is 2.29. The molecule has 2 aromatic carbocycles. The van der Waals surface area contributed by atoms with Gasteiger partial charge in [0.15, 0.2) is 0 Å². The molecule has 0 amide bonds. The van der Waals surface area contributed by atoms with E-state index in [9.17, 15) is 0 Å². The summed E-state index contributed by atoms with van der Waals surface area (Å²) < 4.78 is 0. The van der Waals surface area contributed by atoms with Crippen molar-refractivity contribution in [3.8, 4) is 33.6 Å². The fourth-order valence-electron chi connectivity index (χ4n) is 3.45. The maximum Gasteiger partial charge on any atom is 0.126 e. The summed E-state index contributed by atoms with van der Waals surface area (Å²) in [5, 5.41) is 0. The minimum Gasteiger partial charge on any atom is -0.239 e.